The van der Waals surface area contributed by atoms with Crippen molar-refractivity contribution >= 4 is 47.1 Å². The third kappa shape index (κ3) is 9.48. The van der Waals surface area contributed by atoms with E-state index in [4.69, 9.17) is 4.74 Å². The van der Waals surface area contributed by atoms with Crippen LogP contribution in [0.3, 0.4) is 0 Å². The summed E-state index contributed by atoms with van der Waals surface area (Å²) in [5.41, 5.74) is 3.20. The fourth-order valence-corrected chi connectivity index (χ4v) is 6.65. The molecule has 1 aromatic rings. The summed E-state index contributed by atoms with van der Waals surface area (Å²) in [5, 5.41) is 12.4. The van der Waals surface area contributed by atoms with Gasteiger partial charge in [-0.15, -0.1) is 0 Å². The zero-order valence-electron chi connectivity index (χ0n) is 23.6. The van der Waals surface area contributed by atoms with Gasteiger partial charge in [0.15, 0.2) is 0 Å². The predicted octanol–water partition coefficient (Wildman–Crippen LogP) is 6.01. The van der Waals surface area contributed by atoms with Crippen LogP contribution in [-0.2, 0) is 14.3 Å². The van der Waals surface area contributed by atoms with E-state index in [1.54, 1.807) is 28.4 Å². The van der Waals surface area contributed by atoms with Crippen LogP contribution in [-0.4, -0.2) is 76.7 Å². The summed E-state index contributed by atoms with van der Waals surface area (Å²) in [6, 6.07) is 6.85. The summed E-state index contributed by atoms with van der Waals surface area (Å²) in [6.07, 6.45) is 9.30. The molecule has 2 amide bonds. The lowest BCUT2D eigenvalue weighted by atomic mass is 9.85. The second kappa shape index (κ2) is 16.2. The molecule has 1 aromatic carbocycles. The number of aryl methyl sites for hydroxylation is 1. The average Bonchev–Trinajstić information content (AvgIpc) is 2.94. The predicted molar refractivity (Wildman–Crippen MR) is 161 cm³/mol. The number of carboxylic acid groups (broad SMARTS) is 1. The Morgan fingerprint density at radius 3 is 2.59 bits per heavy atom. The van der Waals surface area contributed by atoms with Crippen molar-refractivity contribution < 1.29 is 24.2 Å². The van der Waals surface area contributed by atoms with Gasteiger partial charge in [-0.05, 0) is 66.6 Å². The molecule has 0 saturated heterocycles. The number of nitrogens with one attached hydrogen (secondary N) is 1. The molecule has 1 aliphatic heterocycles. The summed E-state index contributed by atoms with van der Waals surface area (Å²) < 4.78 is 6.11. The van der Waals surface area contributed by atoms with Crippen LogP contribution in [0.15, 0.2) is 29.8 Å². The van der Waals surface area contributed by atoms with E-state index in [1.165, 1.54) is 32.1 Å². The maximum Gasteiger partial charge on any atom is 0.410 e. The molecule has 1 heterocycles. The molecule has 0 bridgehead atoms. The van der Waals surface area contributed by atoms with Crippen molar-refractivity contribution in [3.05, 3.63) is 41.0 Å². The van der Waals surface area contributed by atoms with Crippen molar-refractivity contribution in [2.75, 3.05) is 36.6 Å². The van der Waals surface area contributed by atoms with Crippen LogP contribution >= 0.6 is 23.5 Å². The zero-order valence-corrected chi connectivity index (χ0v) is 25.2. The molecular weight excluding hydrogens is 532 g/mol. The maximum absolute atomic E-state index is 13.4. The molecule has 0 spiro atoms. The number of nitrogens with zero attached hydrogens (tertiary/aromatic N) is 1. The average molecular weight is 577 g/mol. The lowest BCUT2D eigenvalue weighted by Gasteiger charge is -2.33. The zero-order chi connectivity index (χ0) is 28.2. The number of hydrogen-bond acceptors (Lipinski definition) is 6. The Labute approximate surface area is 241 Å². The number of amides is 2. The standard InChI is InChI=1S/C30H44N2O5S2/c1-4-39-20-23(18-22-11-6-5-7-12-22)37-30(36)32-16-14-25(26(19-32)24-13-9-8-10-21(24)2)28(33)31-27(29(34)35)15-17-38-3/h8-10,13,22-23,27H,4-7,11-12,14-20H2,1-3H3,(H,31,33)(H,34,35)/t23-,27?/m0/s1. The molecule has 1 unspecified atom stereocenters. The van der Waals surface area contributed by atoms with E-state index >= 15 is 0 Å². The fraction of sp³-hybridized carbons (Fsp3) is 0.633. The monoisotopic (exact) mass is 576 g/mol. The van der Waals surface area contributed by atoms with Gasteiger partial charge < -0.3 is 20.1 Å². The largest absolute Gasteiger partial charge is 0.480 e. The van der Waals surface area contributed by atoms with Gasteiger partial charge in [0.2, 0.25) is 5.91 Å². The van der Waals surface area contributed by atoms with Crippen LogP contribution in [0, 0.1) is 12.8 Å². The number of thioether (sulfide) groups is 2. The number of rotatable bonds is 13. The third-order valence-electron chi connectivity index (χ3n) is 7.66. The number of ether oxygens (including phenoxy) is 1. The van der Waals surface area contributed by atoms with Crippen LogP contribution in [0.1, 0.15) is 69.4 Å². The van der Waals surface area contributed by atoms with Crippen LogP contribution in [0.5, 0.6) is 0 Å². The summed E-state index contributed by atoms with van der Waals surface area (Å²) >= 11 is 3.35. The van der Waals surface area contributed by atoms with Gasteiger partial charge in [0, 0.05) is 17.9 Å². The number of benzene rings is 1. The van der Waals surface area contributed by atoms with Gasteiger partial charge in [-0.2, -0.15) is 23.5 Å². The SMILES string of the molecule is CCSC[C@H](CC1CCCCC1)OC(=O)N1CCC(C(=O)NC(CCSC)C(=O)O)=C(c2ccccc2C)C1. The second-order valence-electron chi connectivity index (χ2n) is 10.5. The summed E-state index contributed by atoms with van der Waals surface area (Å²) in [4.78, 5) is 40.3. The van der Waals surface area contributed by atoms with Gasteiger partial charge in [-0.3, -0.25) is 4.79 Å². The van der Waals surface area contributed by atoms with Gasteiger partial charge in [0.1, 0.15) is 12.1 Å². The molecule has 1 fully saturated rings. The van der Waals surface area contributed by atoms with E-state index in [0.717, 1.165) is 34.6 Å². The number of carbonyl (C=O) groups excluding carboxylic acids is 2. The van der Waals surface area contributed by atoms with Crippen molar-refractivity contribution in [1.29, 1.82) is 0 Å². The Morgan fingerprint density at radius 1 is 1.18 bits per heavy atom. The molecule has 39 heavy (non-hydrogen) atoms. The van der Waals surface area contributed by atoms with Crippen molar-refractivity contribution in [3.8, 4) is 0 Å². The first-order valence-electron chi connectivity index (χ1n) is 14.2. The molecular formula is C30H44N2O5S2. The van der Waals surface area contributed by atoms with Gasteiger partial charge in [0.05, 0.1) is 6.54 Å². The van der Waals surface area contributed by atoms with Crippen molar-refractivity contribution in [2.45, 2.75) is 77.4 Å². The first kappa shape index (κ1) is 31.4. The van der Waals surface area contributed by atoms with Gasteiger partial charge >= 0.3 is 12.1 Å². The summed E-state index contributed by atoms with van der Waals surface area (Å²) in [6.45, 7) is 4.72. The third-order valence-corrected chi connectivity index (χ3v) is 9.32. The Hall–Kier alpha value is -2.13. The van der Waals surface area contributed by atoms with Crippen LogP contribution in [0.25, 0.3) is 5.57 Å². The highest BCUT2D eigenvalue weighted by molar-refractivity contribution is 7.99. The maximum atomic E-state index is 13.4. The lowest BCUT2D eigenvalue weighted by Crippen LogP contribution is -2.45. The van der Waals surface area contributed by atoms with Gasteiger partial charge in [-0.25, -0.2) is 9.59 Å². The van der Waals surface area contributed by atoms with E-state index < -0.39 is 12.0 Å². The molecule has 2 N–H and O–H groups in total. The fourth-order valence-electron chi connectivity index (χ4n) is 5.48. The van der Waals surface area contributed by atoms with Crippen molar-refractivity contribution in [1.82, 2.24) is 10.2 Å². The Morgan fingerprint density at radius 2 is 1.92 bits per heavy atom. The second-order valence-corrected chi connectivity index (χ2v) is 12.8. The number of aliphatic carboxylic acids is 1. The molecule has 216 valence electrons. The number of hydrogen-bond donors (Lipinski definition) is 2. The molecule has 0 aromatic heterocycles. The number of carboxylic acids is 1. The molecule has 2 atom stereocenters. The minimum atomic E-state index is -1.04. The van der Waals surface area contributed by atoms with E-state index in [1.807, 2.05) is 37.4 Å². The Bertz CT molecular complexity index is 1010. The van der Waals surface area contributed by atoms with E-state index in [2.05, 4.69) is 12.2 Å². The Kier molecular flexibility index (Phi) is 13.1. The molecule has 1 saturated carbocycles. The van der Waals surface area contributed by atoms with Crippen molar-refractivity contribution in [2.24, 2.45) is 5.92 Å². The highest BCUT2D eigenvalue weighted by atomic mass is 32.2. The first-order chi connectivity index (χ1) is 18.8. The van der Waals surface area contributed by atoms with Gasteiger partial charge in [-0.1, -0.05) is 63.3 Å². The van der Waals surface area contributed by atoms with E-state index in [9.17, 15) is 19.5 Å². The highest BCUT2D eigenvalue weighted by Crippen LogP contribution is 2.32. The molecule has 1 aliphatic carbocycles. The minimum absolute atomic E-state index is 0.117. The normalized spacial score (nSPS) is 18.0. The summed E-state index contributed by atoms with van der Waals surface area (Å²) in [7, 11) is 0. The number of carbonyl (C=O) groups is 3. The quantitative estimate of drug-likeness (QED) is 0.297. The minimum Gasteiger partial charge on any atom is -0.480 e. The first-order valence-corrected chi connectivity index (χ1v) is 16.7. The molecule has 7 nitrogen and oxygen atoms in total. The highest BCUT2D eigenvalue weighted by Gasteiger charge is 2.32. The van der Waals surface area contributed by atoms with Crippen LogP contribution < -0.4 is 5.32 Å². The van der Waals surface area contributed by atoms with Gasteiger partial charge in [0.25, 0.3) is 0 Å². The smallest absolute Gasteiger partial charge is 0.410 e. The van der Waals surface area contributed by atoms with Crippen molar-refractivity contribution in [3.63, 3.8) is 0 Å². The molecule has 3 rings (SSSR count). The van der Waals surface area contributed by atoms with Crippen LogP contribution in [0.2, 0.25) is 0 Å². The molecule has 2 aliphatic rings. The topological polar surface area (TPSA) is 95.9 Å². The molecule has 0 radical (unpaired) electrons. The Balaban J connectivity index is 1.79. The van der Waals surface area contributed by atoms with E-state index in [-0.39, 0.29) is 24.6 Å². The molecule has 9 heteroatoms. The summed E-state index contributed by atoms with van der Waals surface area (Å²) in [5.74, 6) is 1.62. The van der Waals surface area contributed by atoms with Crippen LogP contribution in [0.4, 0.5) is 4.79 Å². The van der Waals surface area contributed by atoms with E-state index in [0.29, 0.717) is 36.6 Å². The lowest BCUT2D eigenvalue weighted by molar-refractivity contribution is -0.141.